The quantitative estimate of drug-likeness (QED) is 0.436. The summed E-state index contributed by atoms with van der Waals surface area (Å²) >= 11 is 1.28. The number of nitrogens with zero attached hydrogens (tertiary/aromatic N) is 3. The molecule has 35 heavy (non-hydrogen) atoms. The first-order valence-electron chi connectivity index (χ1n) is 12.6. The van der Waals surface area contributed by atoms with Crippen molar-refractivity contribution in [1.29, 1.82) is 0 Å². The van der Waals surface area contributed by atoms with Crippen LogP contribution in [0.5, 0.6) is 0 Å². The summed E-state index contributed by atoms with van der Waals surface area (Å²) in [6.07, 6.45) is 5.70. The Kier molecular flexibility index (Phi) is 10.7. The highest BCUT2D eigenvalue weighted by Crippen LogP contribution is 2.17. The molecule has 3 amide bonds. The number of aromatic nitrogens is 1. The molecule has 0 aliphatic carbocycles. The van der Waals surface area contributed by atoms with E-state index in [4.69, 9.17) is 0 Å². The van der Waals surface area contributed by atoms with Gasteiger partial charge in [-0.2, -0.15) is 0 Å². The van der Waals surface area contributed by atoms with Crippen molar-refractivity contribution in [3.63, 3.8) is 0 Å². The maximum Gasteiger partial charge on any atom is 0.254 e. The van der Waals surface area contributed by atoms with Gasteiger partial charge in [0.05, 0.1) is 12.1 Å². The number of likely N-dealkylation sites (tertiary alicyclic amines) is 1. The Hall–Kier alpha value is -2.78. The first kappa shape index (κ1) is 26.8. The minimum Gasteiger partial charge on any atom is -0.356 e. The lowest BCUT2D eigenvalue weighted by molar-refractivity contribution is -0.120. The fourth-order valence-electron chi connectivity index (χ4n) is 4.29. The van der Waals surface area contributed by atoms with Crippen LogP contribution < -0.4 is 10.6 Å². The van der Waals surface area contributed by atoms with E-state index >= 15 is 0 Å². The van der Waals surface area contributed by atoms with Crippen molar-refractivity contribution < 1.29 is 14.4 Å². The lowest BCUT2D eigenvalue weighted by Crippen LogP contribution is -2.39. The van der Waals surface area contributed by atoms with Gasteiger partial charge in [0.25, 0.3) is 5.91 Å². The molecule has 2 N–H and O–H groups in total. The van der Waals surface area contributed by atoms with Crippen LogP contribution >= 0.6 is 11.3 Å². The minimum absolute atomic E-state index is 0.0490. The van der Waals surface area contributed by atoms with Crippen molar-refractivity contribution in [3.8, 4) is 0 Å². The topological polar surface area (TPSA) is 94.6 Å². The lowest BCUT2D eigenvalue weighted by Gasteiger charge is -2.33. The van der Waals surface area contributed by atoms with Crippen LogP contribution in [-0.4, -0.2) is 71.3 Å². The van der Waals surface area contributed by atoms with Crippen LogP contribution in [0.3, 0.4) is 0 Å². The van der Waals surface area contributed by atoms with E-state index in [2.05, 4.69) is 27.4 Å². The predicted octanol–water partition coefficient (Wildman–Crippen LogP) is 3.56. The lowest BCUT2D eigenvalue weighted by atomic mass is 10.0. The highest BCUT2D eigenvalue weighted by atomic mass is 32.1. The van der Waals surface area contributed by atoms with Crippen LogP contribution in [0.4, 0.5) is 5.13 Å². The number of benzene rings is 1. The molecule has 1 saturated heterocycles. The zero-order chi connectivity index (χ0) is 25.0. The Morgan fingerprint density at radius 3 is 2.71 bits per heavy atom. The van der Waals surface area contributed by atoms with Crippen LogP contribution in [0.2, 0.25) is 0 Å². The van der Waals surface area contributed by atoms with Crippen LogP contribution in [0.1, 0.15) is 62.0 Å². The van der Waals surface area contributed by atoms with E-state index in [0.717, 1.165) is 25.9 Å². The Morgan fingerprint density at radius 1 is 1.17 bits per heavy atom. The standard InChI is InChI=1S/C26H37N5O3S/c1-3-14-31(25(34)21-11-5-4-6-12-21)18-24(33)29-26-28-22(19-35-26)17-23(32)27-13-9-16-30-15-8-7-10-20(30)2/h4-6,11-12,19-20H,3,7-10,13-18H2,1-2H3,(H,27,32)(H,28,29,33). The summed E-state index contributed by atoms with van der Waals surface area (Å²) in [5.41, 5.74) is 1.18. The van der Waals surface area contributed by atoms with Crippen molar-refractivity contribution in [1.82, 2.24) is 20.1 Å². The predicted molar refractivity (Wildman–Crippen MR) is 140 cm³/mol. The number of carbonyl (C=O) groups is 3. The van der Waals surface area contributed by atoms with Gasteiger partial charge >= 0.3 is 0 Å². The molecule has 2 heterocycles. The molecule has 3 rings (SSSR count). The van der Waals surface area contributed by atoms with Crippen LogP contribution in [0.25, 0.3) is 0 Å². The summed E-state index contributed by atoms with van der Waals surface area (Å²) in [6, 6.07) is 9.59. The molecule has 1 fully saturated rings. The molecule has 1 aliphatic rings. The van der Waals surface area contributed by atoms with E-state index in [-0.39, 0.29) is 30.7 Å². The molecule has 8 nitrogen and oxygen atoms in total. The van der Waals surface area contributed by atoms with Gasteiger partial charge in [-0.1, -0.05) is 31.5 Å². The monoisotopic (exact) mass is 499 g/mol. The van der Waals surface area contributed by atoms with Crippen molar-refractivity contribution in [3.05, 3.63) is 47.0 Å². The molecule has 190 valence electrons. The molecule has 0 radical (unpaired) electrons. The SMILES string of the molecule is CCCN(CC(=O)Nc1nc(CC(=O)NCCCN2CCCCC2C)cs1)C(=O)c1ccccc1. The van der Waals surface area contributed by atoms with Crippen LogP contribution in [0.15, 0.2) is 35.7 Å². The normalized spacial score (nSPS) is 16.0. The third-order valence-electron chi connectivity index (χ3n) is 6.16. The highest BCUT2D eigenvalue weighted by Gasteiger charge is 2.19. The molecule has 0 bridgehead atoms. The van der Waals surface area contributed by atoms with Crippen molar-refractivity contribution in [2.75, 3.05) is 38.0 Å². The molecular formula is C26H37N5O3S. The second-order valence-electron chi connectivity index (χ2n) is 9.05. The summed E-state index contributed by atoms with van der Waals surface area (Å²) < 4.78 is 0. The van der Waals surface area contributed by atoms with Gasteiger partial charge in [0, 0.05) is 36.6 Å². The second-order valence-corrected chi connectivity index (χ2v) is 9.90. The molecule has 1 unspecified atom stereocenters. The number of thiazole rings is 1. The van der Waals surface area contributed by atoms with E-state index in [0.29, 0.717) is 35.5 Å². The largest absolute Gasteiger partial charge is 0.356 e. The Labute approximate surface area is 212 Å². The number of hydrogen-bond acceptors (Lipinski definition) is 6. The first-order valence-corrected chi connectivity index (χ1v) is 13.4. The first-order chi connectivity index (χ1) is 17.0. The molecule has 1 aromatic heterocycles. The molecular weight excluding hydrogens is 462 g/mol. The van der Waals surface area contributed by atoms with Crippen molar-refractivity contribution in [2.24, 2.45) is 0 Å². The molecule has 0 saturated carbocycles. The van der Waals surface area contributed by atoms with E-state index in [9.17, 15) is 14.4 Å². The Balaban J connectivity index is 1.40. The summed E-state index contributed by atoms with van der Waals surface area (Å²) in [5.74, 6) is -0.545. The summed E-state index contributed by atoms with van der Waals surface area (Å²) in [6.45, 7) is 7.50. The van der Waals surface area contributed by atoms with Crippen molar-refractivity contribution >= 4 is 34.2 Å². The fraction of sp³-hybridized carbons (Fsp3) is 0.538. The summed E-state index contributed by atoms with van der Waals surface area (Å²) in [4.78, 5) is 46.0. The van der Waals surface area contributed by atoms with Crippen LogP contribution in [-0.2, 0) is 16.0 Å². The van der Waals surface area contributed by atoms with Gasteiger partial charge in [0.15, 0.2) is 5.13 Å². The third-order valence-corrected chi connectivity index (χ3v) is 6.97. The summed E-state index contributed by atoms with van der Waals surface area (Å²) in [7, 11) is 0. The second kappa shape index (κ2) is 13.9. The average Bonchev–Trinajstić information content (AvgIpc) is 3.29. The van der Waals surface area contributed by atoms with Gasteiger partial charge in [-0.05, 0) is 51.3 Å². The van der Waals surface area contributed by atoms with Gasteiger partial charge in [-0.15, -0.1) is 11.3 Å². The number of amides is 3. The number of rotatable bonds is 12. The maximum atomic E-state index is 12.7. The van der Waals surface area contributed by atoms with E-state index in [1.54, 1.807) is 29.6 Å². The number of carbonyl (C=O) groups excluding carboxylic acids is 3. The van der Waals surface area contributed by atoms with Gasteiger partial charge in [0.1, 0.15) is 6.54 Å². The van der Waals surface area contributed by atoms with Gasteiger partial charge < -0.3 is 20.4 Å². The molecule has 1 aliphatic heterocycles. The zero-order valence-corrected chi connectivity index (χ0v) is 21.6. The molecule has 1 atom stereocenters. The zero-order valence-electron chi connectivity index (χ0n) is 20.8. The Bertz CT molecular complexity index is 965. The average molecular weight is 500 g/mol. The molecule has 0 spiro atoms. The number of anilines is 1. The van der Waals surface area contributed by atoms with Gasteiger partial charge in [0.2, 0.25) is 11.8 Å². The third kappa shape index (κ3) is 8.74. The number of nitrogens with one attached hydrogen (secondary N) is 2. The highest BCUT2D eigenvalue weighted by molar-refractivity contribution is 7.13. The molecule has 9 heteroatoms. The maximum absolute atomic E-state index is 12.7. The van der Waals surface area contributed by atoms with Gasteiger partial charge in [-0.25, -0.2) is 4.98 Å². The number of piperidine rings is 1. The van der Waals surface area contributed by atoms with E-state index < -0.39 is 0 Å². The minimum atomic E-state index is -0.306. The fourth-order valence-corrected chi connectivity index (χ4v) is 5.02. The smallest absolute Gasteiger partial charge is 0.254 e. The Morgan fingerprint density at radius 2 is 1.97 bits per heavy atom. The van der Waals surface area contributed by atoms with Crippen LogP contribution in [0, 0.1) is 0 Å². The molecule has 1 aromatic carbocycles. The molecule has 2 aromatic rings. The van der Waals surface area contributed by atoms with Gasteiger partial charge in [-0.3, -0.25) is 14.4 Å². The van der Waals surface area contributed by atoms with Crippen molar-refractivity contribution in [2.45, 2.75) is 58.4 Å². The number of hydrogen-bond donors (Lipinski definition) is 2. The summed E-state index contributed by atoms with van der Waals surface area (Å²) in [5, 5.41) is 7.94. The van der Waals surface area contributed by atoms with E-state index in [1.807, 2.05) is 13.0 Å². The van der Waals surface area contributed by atoms with E-state index in [1.165, 1.54) is 35.5 Å².